The van der Waals surface area contributed by atoms with Crippen LogP contribution in [0.15, 0.2) is 66.7 Å². The summed E-state index contributed by atoms with van der Waals surface area (Å²) in [5.41, 5.74) is 3.28. The van der Waals surface area contributed by atoms with E-state index in [2.05, 4.69) is 48.5 Å². The van der Waals surface area contributed by atoms with Crippen molar-refractivity contribution >= 4 is 17.0 Å². The Hall–Kier alpha value is -2.61. The molecule has 0 saturated carbocycles. The molecule has 0 bridgehead atoms. The van der Waals surface area contributed by atoms with Crippen LogP contribution < -0.4 is 0 Å². The Balaban J connectivity index is 2.09. The molecule has 0 aromatic heterocycles. The molecule has 3 aromatic carbocycles. The Morgan fingerprint density at radius 3 is 2.30 bits per heavy atom. The van der Waals surface area contributed by atoms with Gasteiger partial charge in [0, 0.05) is 5.56 Å². The maximum atomic E-state index is 11.0. The van der Waals surface area contributed by atoms with Crippen LogP contribution in [-0.2, 0) is 0 Å². The largest absolute Gasteiger partial charge is 0.624 e. The number of hydrogen-bond donors (Lipinski definition) is 0. The molecule has 0 unspecified atom stereocenters. The van der Waals surface area contributed by atoms with Gasteiger partial charge in [0.25, 0.3) is 0 Å². The van der Waals surface area contributed by atoms with E-state index in [9.17, 15) is 5.21 Å². The standard InChI is InChI=1S/C18H15NO/c1-19(20)13-14-9-11-16(12-10-14)18-8-4-6-15-5-2-3-7-17(15)18/h2-13H,1H3/b19-13-. The number of nitrogens with zero attached hydrogens (tertiary/aromatic N) is 1. The van der Waals surface area contributed by atoms with E-state index in [1.54, 1.807) is 6.21 Å². The van der Waals surface area contributed by atoms with Crippen molar-refractivity contribution in [2.24, 2.45) is 0 Å². The van der Waals surface area contributed by atoms with Gasteiger partial charge in [-0.05, 0) is 34.0 Å². The lowest BCUT2D eigenvalue weighted by Gasteiger charge is -2.07. The second-order valence-corrected chi connectivity index (χ2v) is 4.82. The molecular formula is C18H15NO. The first-order valence-electron chi connectivity index (χ1n) is 6.57. The van der Waals surface area contributed by atoms with Gasteiger partial charge in [-0.1, -0.05) is 54.6 Å². The molecule has 0 atom stereocenters. The number of hydroxylamine groups is 1. The van der Waals surface area contributed by atoms with Gasteiger partial charge in [-0.15, -0.1) is 0 Å². The summed E-state index contributed by atoms with van der Waals surface area (Å²) in [6.07, 6.45) is 1.56. The van der Waals surface area contributed by atoms with E-state index in [1.807, 2.05) is 18.2 Å². The Kier molecular flexibility index (Phi) is 3.21. The molecule has 2 heteroatoms. The lowest BCUT2D eigenvalue weighted by Crippen LogP contribution is -1.97. The third kappa shape index (κ3) is 2.41. The van der Waals surface area contributed by atoms with Crippen LogP contribution in [0, 0.1) is 5.21 Å². The summed E-state index contributed by atoms with van der Waals surface area (Å²) in [4.78, 5) is 0. The molecule has 20 heavy (non-hydrogen) atoms. The second-order valence-electron chi connectivity index (χ2n) is 4.82. The van der Waals surface area contributed by atoms with E-state index in [4.69, 9.17) is 0 Å². The van der Waals surface area contributed by atoms with Gasteiger partial charge < -0.3 is 5.21 Å². The molecule has 0 aliphatic carbocycles. The quantitative estimate of drug-likeness (QED) is 0.295. The van der Waals surface area contributed by atoms with Crippen LogP contribution in [0.4, 0.5) is 0 Å². The molecule has 0 heterocycles. The zero-order valence-electron chi connectivity index (χ0n) is 11.3. The minimum absolute atomic E-state index is 0.812. The van der Waals surface area contributed by atoms with Crippen LogP contribution in [0.1, 0.15) is 5.56 Å². The van der Waals surface area contributed by atoms with Crippen molar-refractivity contribution in [3.8, 4) is 11.1 Å². The van der Waals surface area contributed by atoms with Gasteiger partial charge in [0.15, 0.2) is 6.21 Å². The number of hydrogen-bond acceptors (Lipinski definition) is 1. The monoisotopic (exact) mass is 261 g/mol. The minimum atomic E-state index is 0.812. The van der Waals surface area contributed by atoms with Crippen molar-refractivity contribution in [2.45, 2.75) is 0 Å². The molecule has 2 nitrogen and oxygen atoms in total. The molecular weight excluding hydrogens is 246 g/mol. The second kappa shape index (κ2) is 5.17. The summed E-state index contributed by atoms with van der Waals surface area (Å²) < 4.78 is 0.812. The zero-order valence-corrected chi connectivity index (χ0v) is 11.3. The van der Waals surface area contributed by atoms with Gasteiger partial charge in [-0.2, -0.15) is 0 Å². The van der Waals surface area contributed by atoms with Crippen molar-refractivity contribution < 1.29 is 4.74 Å². The van der Waals surface area contributed by atoms with Gasteiger partial charge in [0.05, 0.1) is 0 Å². The first-order chi connectivity index (χ1) is 9.74. The highest BCUT2D eigenvalue weighted by molar-refractivity contribution is 5.96. The van der Waals surface area contributed by atoms with Crippen molar-refractivity contribution in [3.63, 3.8) is 0 Å². The van der Waals surface area contributed by atoms with E-state index in [1.165, 1.54) is 23.4 Å². The van der Waals surface area contributed by atoms with E-state index in [0.29, 0.717) is 0 Å². The fourth-order valence-corrected chi connectivity index (χ4v) is 2.44. The molecule has 0 aliphatic heterocycles. The van der Waals surface area contributed by atoms with Crippen molar-refractivity contribution in [1.29, 1.82) is 0 Å². The van der Waals surface area contributed by atoms with Crippen molar-refractivity contribution in [3.05, 3.63) is 77.5 Å². The Bertz CT molecular complexity index is 764. The summed E-state index contributed by atoms with van der Waals surface area (Å²) in [7, 11) is 1.48. The summed E-state index contributed by atoms with van der Waals surface area (Å²) >= 11 is 0. The Labute approximate surface area is 118 Å². The van der Waals surface area contributed by atoms with Crippen LogP contribution in [0.2, 0.25) is 0 Å². The predicted octanol–water partition coefficient (Wildman–Crippen LogP) is 4.07. The van der Waals surface area contributed by atoms with Gasteiger partial charge >= 0.3 is 0 Å². The average molecular weight is 261 g/mol. The Morgan fingerprint density at radius 1 is 0.850 bits per heavy atom. The van der Waals surface area contributed by atoms with Crippen molar-refractivity contribution in [1.82, 2.24) is 0 Å². The van der Waals surface area contributed by atoms with Crippen LogP contribution in [0.3, 0.4) is 0 Å². The van der Waals surface area contributed by atoms with E-state index < -0.39 is 0 Å². The van der Waals surface area contributed by atoms with E-state index in [0.717, 1.165) is 15.9 Å². The smallest absolute Gasteiger partial charge is 0.181 e. The minimum Gasteiger partial charge on any atom is -0.624 e. The molecule has 0 aliphatic rings. The van der Waals surface area contributed by atoms with Crippen LogP contribution in [0.25, 0.3) is 21.9 Å². The summed E-state index contributed by atoms with van der Waals surface area (Å²) in [5.74, 6) is 0. The van der Waals surface area contributed by atoms with Gasteiger partial charge in [-0.25, -0.2) is 4.74 Å². The summed E-state index contributed by atoms with van der Waals surface area (Å²) in [6, 6.07) is 22.7. The molecule has 0 radical (unpaired) electrons. The number of rotatable bonds is 2. The number of fused-ring (bicyclic) bond motifs is 1. The maximum absolute atomic E-state index is 11.0. The molecule has 0 spiro atoms. The SMILES string of the molecule is C/[N+]([O-])=C/c1ccc(-c2cccc3ccccc23)cc1. The van der Waals surface area contributed by atoms with Gasteiger partial charge in [-0.3, -0.25) is 0 Å². The molecule has 0 N–H and O–H groups in total. The molecule has 0 fully saturated rings. The third-order valence-corrected chi connectivity index (χ3v) is 3.34. The topological polar surface area (TPSA) is 26.1 Å². The lowest BCUT2D eigenvalue weighted by atomic mass is 9.98. The first-order valence-corrected chi connectivity index (χ1v) is 6.57. The first kappa shape index (κ1) is 12.4. The van der Waals surface area contributed by atoms with Crippen molar-refractivity contribution in [2.75, 3.05) is 7.05 Å². The van der Waals surface area contributed by atoms with E-state index in [-0.39, 0.29) is 0 Å². The molecule has 0 amide bonds. The van der Waals surface area contributed by atoms with Gasteiger partial charge in [0.2, 0.25) is 0 Å². The van der Waals surface area contributed by atoms with E-state index >= 15 is 0 Å². The lowest BCUT2D eigenvalue weighted by molar-refractivity contribution is -0.416. The number of benzene rings is 3. The molecule has 3 aromatic rings. The normalized spacial score (nSPS) is 11.8. The molecule has 98 valence electrons. The van der Waals surface area contributed by atoms with Crippen LogP contribution in [0.5, 0.6) is 0 Å². The highest BCUT2D eigenvalue weighted by Gasteiger charge is 2.03. The molecule has 0 saturated heterocycles. The Morgan fingerprint density at radius 2 is 1.55 bits per heavy atom. The summed E-state index contributed by atoms with van der Waals surface area (Å²) in [5, 5.41) is 13.5. The highest BCUT2D eigenvalue weighted by atomic mass is 16.5. The van der Waals surface area contributed by atoms with Crippen LogP contribution in [-0.4, -0.2) is 18.0 Å². The fourth-order valence-electron chi connectivity index (χ4n) is 2.44. The third-order valence-electron chi connectivity index (χ3n) is 3.34. The van der Waals surface area contributed by atoms with Crippen LogP contribution >= 0.6 is 0 Å². The summed E-state index contributed by atoms with van der Waals surface area (Å²) in [6.45, 7) is 0. The highest BCUT2D eigenvalue weighted by Crippen LogP contribution is 2.28. The maximum Gasteiger partial charge on any atom is 0.181 e. The zero-order chi connectivity index (χ0) is 13.9. The average Bonchev–Trinajstić information content (AvgIpc) is 2.47. The van der Waals surface area contributed by atoms with Gasteiger partial charge in [0.1, 0.15) is 7.05 Å². The predicted molar refractivity (Wildman–Crippen MR) is 84.1 cm³/mol. The molecule has 3 rings (SSSR count). The fraction of sp³-hybridized carbons (Fsp3) is 0.0556.